The van der Waals surface area contributed by atoms with E-state index in [9.17, 15) is 13.2 Å². The van der Waals surface area contributed by atoms with Crippen LogP contribution in [0.2, 0.25) is 5.02 Å². The van der Waals surface area contributed by atoms with E-state index >= 15 is 0 Å². The van der Waals surface area contributed by atoms with E-state index in [1.165, 1.54) is 12.1 Å². The third-order valence-electron chi connectivity index (χ3n) is 3.85. The first-order valence-corrected chi connectivity index (χ1v) is 8.68. The highest BCUT2D eigenvalue weighted by Gasteiger charge is 2.42. The molecule has 1 aromatic carbocycles. The molecule has 1 aliphatic carbocycles. The SMILES string of the molecule is CCCC1(CNS(=O)(=O)c2ccc(Cl)c(C(=O)O)c2)CC1. The summed E-state index contributed by atoms with van der Waals surface area (Å²) in [5.74, 6) is -1.25. The number of carboxylic acids is 1. The van der Waals surface area contributed by atoms with Crippen LogP contribution in [0.3, 0.4) is 0 Å². The van der Waals surface area contributed by atoms with Gasteiger partial charge in [-0.1, -0.05) is 24.9 Å². The summed E-state index contributed by atoms with van der Waals surface area (Å²) in [7, 11) is -3.72. The van der Waals surface area contributed by atoms with E-state index in [1.807, 2.05) is 0 Å². The van der Waals surface area contributed by atoms with E-state index in [0.717, 1.165) is 31.7 Å². The number of nitrogens with one attached hydrogen (secondary N) is 1. The fourth-order valence-electron chi connectivity index (χ4n) is 2.39. The molecule has 0 spiro atoms. The van der Waals surface area contributed by atoms with E-state index in [0.29, 0.717) is 6.54 Å². The number of carboxylic acid groups (broad SMARTS) is 1. The molecule has 1 fully saturated rings. The van der Waals surface area contributed by atoms with Crippen molar-refractivity contribution in [2.75, 3.05) is 6.54 Å². The van der Waals surface area contributed by atoms with Crippen molar-refractivity contribution in [2.45, 2.75) is 37.5 Å². The summed E-state index contributed by atoms with van der Waals surface area (Å²) >= 11 is 5.75. The molecule has 1 aliphatic rings. The van der Waals surface area contributed by atoms with Gasteiger partial charge in [0, 0.05) is 6.54 Å². The third kappa shape index (κ3) is 3.75. The van der Waals surface area contributed by atoms with Gasteiger partial charge in [-0.25, -0.2) is 17.9 Å². The smallest absolute Gasteiger partial charge is 0.337 e. The van der Waals surface area contributed by atoms with Crippen molar-refractivity contribution in [2.24, 2.45) is 5.41 Å². The van der Waals surface area contributed by atoms with Crippen LogP contribution in [0.4, 0.5) is 0 Å². The highest BCUT2D eigenvalue weighted by Crippen LogP contribution is 2.49. The predicted octanol–water partition coefficient (Wildman–Crippen LogP) is 2.90. The Hall–Kier alpha value is -1.11. The van der Waals surface area contributed by atoms with Gasteiger partial charge in [-0.05, 0) is 42.9 Å². The molecule has 0 aromatic heterocycles. The lowest BCUT2D eigenvalue weighted by atomic mass is 10.0. The van der Waals surface area contributed by atoms with Crippen LogP contribution < -0.4 is 4.72 Å². The monoisotopic (exact) mass is 331 g/mol. The molecule has 0 radical (unpaired) electrons. The van der Waals surface area contributed by atoms with Crippen LogP contribution in [0.5, 0.6) is 0 Å². The molecule has 7 heteroatoms. The Morgan fingerprint density at radius 2 is 2.10 bits per heavy atom. The van der Waals surface area contributed by atoms with Gasteiger partial charge in [0.05, 0.1) is 15.5 Å². The summed E-state index contributed by atoms with van der Waals surface area (Å²) in [6.07, 6.45) is 4.08. The molecule has 0 bridgehead atoms. The van der Waals surface area contributed by atoms with E-state index in [-0.39, 0.29) is 20.9 Å². The number of hydrogen-bond donors (Lipinski definition) is 2. The Morgan fingerprint density at radius 3 is 2.62 bits per heavy atom. The summed E-state index contributed by atoms with van der Waals surface area (Å²) in [5, 5.41) is 9.01. The highest BCUT2D eigenvalue weighted by atomic mass is 35.5. The van der Waals surface area contributed by atoms with E-state index < -0.39 is 16.0 Å². The fraction of sp³-hybridized carbons (Fsp3) is 0.500. The van der Waals surface area contributed by atoms with Crippen molar-refractivity contribution in [1.29, 1.82) is 0 Å². The molecule has 0 unspecified atom stereocenters. The largest absolute Gasteiger partial charge is 0.478 e. The second-order valence-electron chi connectivity index (χ2n) is 5.52. The number of aromatic carboxylic acids is 1. The molecule has 1 saturated carbocycles. The molecule has 0 heterocycles. The van der Waals surface area contributed by atoms with Gasteiger partial charge < -0.3 is 5.11 Å². The minimum absolute atomic E-state index is 0.0195. The average Bonchev–Trinajstić information content (AvgIpc) is 3.17. The van der Waals surface area contributed by atoms with Crippen LogP contribution >= 0.6 is 11.6 Å². The zero-order valence-electron chi connectivity index (χ0n) is 11.7. The third-order valence-corrected chi connectivity index (χ3v) is 5.58. The zero-order chi connectivity index (χ0) is 15.7. The summed E-state index contributed by atoms with van der Waals surface area (Å²) in [4.78, 5) is 10.9. The maximum absolute atomic E-state index is 12.2. The second kappa shape index (κ2) is 5.94. The Balaban J connectivity index is 2.16. The Morgan fingerprint density at radius 1 is 1.43 bits per heavy atom. The number of hydrogen-bond acceptors (Lipinski definition) is 3. The van der Waals surface area contributed by atoms with Crippen LogP contribution in [0.1, 0.15) is 43.0 Å². The molecule has 0 amide bonds. The molecule has 0 atom stereocenters. The molecule has 5 nitrogen and oxygen atoms in total. The molecule has 0 saturated heterocycles. The highest BCUT2D eigenvalue weighted by molar-refractivity contribution is 7.89. The first kappa shape index (κ1) is 16.3. The van der Waals surface area contributed by atoms with E-state index in [1.54, 1.807) is 0 Å². The topological polar surface area (TPSA) is 83.5 Å². The summed E-state index contributed by atoms with van der Waals surface area (Å²) in [6.45, 7) is 2.47. The molecule has 1 aromatic rings. The lowest BCUT2D eigenvalue weighted by molar-refractivity contribution is 0.0697. The lowest BCUT2D eigenvalue weighted by Crippen LogP contribution is -2.30. The number of benzene rings is 1. The summed E-state index contributed by atoms with van der Waals surface area (Å²) in [5.41, 5.74) is -0.126. The van der Waals surface area contributed by atoms with Gasteiger partial charge in [0.25, 0.3) is 0 Å². The number of sulfonamides is 1. The fourth-order valence-corrected chi connectivity index (χ4v) is 3.77. The first-order valence-electron chi connectivity index (χ1n) is 6.82. The van der Waals surface area contributed by atoms with Gasteiger partial charge in [-0.2, -0.15) is 0 Å². The predicted molar refractivity (Wildman–Crippen MR) is 80.2 cm³/mol. The van der Waals surface area contributed by atoms with Crippen LogP contribution in [0.25, 0.3) is 0 Å². The van der Waals surface area contributed by atoms with Crippen LogP contribution in [0, 0.1) is 5.41 Å². The van der Waals surface area contributed by atoms with Gasteiger partial charge in [0.15, 0.2) is 0 Å². The first-order chi connectivity index (χ1) is 9.80. The zero-order valence-corrected chi connectivity index (χ0v) is 13.3. The lowest BCUT2D eigenvalue weighted by Gasteiger charge is -2.15. The van der Waals surface area contributed by atoms with Crippen molar-refractivity contribution < 1.29 is 18.3 Å². The molecule has 2 rings (SSSR count). The van der Waals surface area contributed by atoms with E-state index in [2.05, 4.69) is 11.6 Å². The van der Waals surface area contributed by atoms with Gasteiger partial charge in [0.2, 0.25) is 10.0 Å². The molecule has 116 valence electrons. The molecular formula is C14H18ClNO4S. The molecule has 21 heavy (non-hydrogen) atoms. The van der Waals surface area contributed by atoms with Crippen LogP contribution in [-0.2, 0) is 10.0 Å². The molecular weight excluding hydrogens is 314 g/mol. The Labute approximate surface area is 129 Å². The van der Waals surface area contributed by atoms with Gasteiger partial charge in [0.1, 0.15) is 0 Å². The van der Waals surface area contributed by atoms with Crippen molar-refractivity contribution >= 4 is 27.6 Å². The van der Waals surface area contributed by atoms with Gasteiger partial charge in [-0.15, -0.1) is 0 Å². The number of rotatable bonds is 7. The minimum Gasteiger partial charge on any atom is -0.478 e. The van der Waals surface area contributed by atoms with Crippen LogP contribution in [-0.4, -0.2) is 26.0 Å². The second-order valence-corrected chi connectivity index (χ2v) is 7.70. The van der Waals surface area contributed by atoms with Crippen molar-refractivity contribution in [1.82, 2.24) is 4.72 Å². The Kier molecular flexibility index (Phi) is 4.60. The number of halogens is 1. The summed E-state index contributed by atoms with van der Waals surface area (Å²) < 4.78 is 27.1. The quantitative estimate of drug-likeness (QED) is 0.804. The average molecular weight is 332 g/mol. The normalized spacial score (nSPS) is 16.7. The standard InChI is InChI=1S/C14H18ClNO4S/c1-2-5-14(6-7-14)9-16-21(19,20)10-3-4-12(15)11(8-10)13(17)18/h3-4,8,16H,2,5-7,9H2,1H3,(H,17,18). The van der Waals surface area contributed by atoms with Crippen molar-refractivity contribution in [3.05, 3.63) is 28.8 Å². The van der Waals surface area contributed by atoms with Crippen molar-refractivity contribution in [3.8, 4) is 0 Å². The Bertz CT molecular complexity index is 653. The maximum Gasteiger partial charge on any atom is 0.337 e. The van der Waals surface area contributed by atoms with Crippen molar-refractivity contribution in [3.63, 3.8) is 0 Å². The minimum atomic E-state index is -3.72. The van der Waals surface area contributed by atoms with E-state index in [4.69, 9.17) is 16.7 Å². The number of carbonyl (C=O) groups is 1. The van der Waals surface area contributed by atoms with Crippen LogP contribution in [0.15, 0.2) is 23.1 Å². The molecule has 2 N–H and O–H groups in total. The summed E-state index contributed by atoms with van der Waals surface area (Å²) in [6, 6.07) is 3.70. The maximum atomic E-state index is 12.2. The van der Waals surface area contributed by atoms with Gasteiger partial charge in [-0.3, -0.25) is 0 Å². The van der Waals surface area contributed by atoms with Gasteiger partial charge >= 0.3 is 5.97 Å². The molecule has 0 aliphatic heterocycles.